The van der Waals surface area contributed by atoms with Gasteiger partial charge in [0.05, 0.1) is 18.2 Å². The zero-order chi connectivity index (χ0) is 24.1. The van der Waals surface area contributed by atoms with Crippen LogP contribution in [-0.2, 0) is 0 Å². The molecule has 10 heteroatoms. The van der Waals surface area contributed by atoms with Gasteiger partial charge in [0.15, 0.2) is 5.82 Å². The van der Waals surface area contributed by atoms with Crippen LogP contribution in [0.3, 0.4) is 0 Å². The van der Waals surface area contributed by atoms with Crippen molar-refractivity contribution in [2.75, 3.05) is 17.7 Å². The Bertz CT molecular complexity index is 1250. The van der Waals surface area contributed by atoms with E-state index < -0.39 is 11.9 Å². The maximum Gasteiger partial charge on any atom is 0.335 e. The first-order chi connectivity index (χ1) is 16.4. The van der Waals surface area contributed by atoms with E-state index in [0.29, 0.717) is 22.9 Å². The summed E-state index contributed by atoms with van der Waals surface area (Å²) in [5.74, 6) is -0.511. The Balaban J connectivity index is 1.67. The Morgan fingerprint density at radius 3 is 1.50 bits per heavy atom. The number of methoxy groups -OCH3 is 1. The molecule has 0 aliphatic carbocycles. The number of anilines is 4. The van der Waals surface area contributed by atoms with Crippen LogP contribution in [0.5, 0.6) is 5.75 Å². The van der Waals surface area contributed by atoms with Gasteiger partial charge in [-0.15, -0.1) is 0 Å². The first kappa shape index (κ1) is 22.2. The maximum atomic E-state index is 11.1. The zero-order valence-electron chi connectivity index (χ0n) is 17.9. The molecular formula is C24H19N5O5. The molecule has 0 amide bonds. The minimum absolute atomic E-state index is 0.160. The number of hydrogen-bond acceptors (Lipinski definition) is 8. The number of ether oxygens (including phenoxy) is 1. The molecule has 0 fully saturated rings. The van der Waals surface area contributed by atoms with E-state index in [-0.39, 0.29) is 23.0 Å². The van der Waals surface area contributed by atoms with Gasteiger partial charge in [-0.1, -0.05) is 0 Å². The van der Waals surface area contributed by atoms with Crippen LogP contribution in [-0.4, -0.2) is 44.2 Å². The van der Waals surface area contributed by atoms with Crippen LogP contribution in [0.4, 0.5) is 23.3 Å². The molecule has 4 rings (SSSR count). The van der Waals surface area contributed by atoms with Crippen molar-refractivity contribution in [2.24, 2.45) is 0 Å². The van der Waals surface area contributed by atoms with Gasteiger partial charge in [-0.3, -0.25) is 0 Å². The molecule has 10 nitrogen and oxygen atoms in total. The molecule has 34 heavy (non-hydrogen) atoms. The average molecular weight is 457 g/mol. The number of nitrogens with one attached hydrogen (secondary N) is 2. The number of benzene rings is 3. The molecule has 0 aliphatic heterocycles. The van der Waals surface area contributed by atoms with Crippen molar-refractivity contribution >= 4 is 35.2 Å². The Morgan fingerprint density at radius 1 is 0.676 bits per heavy atom. The van der Waals surface area contributed by atoms with Gasteiger partial charge in [-0.05, 0) is 72.8 Å². The quantitative estimate of drug-likeness (QED) is 0.299. The monoisotopic (exact) mass is 457 g/mol. The number of carboxylic acid groups (broad SMARTS) is 2. The van der Waals surface area contributed by atoms with E-state index in [2.05, 4.69) is 25.6 Å². The molecule has 4 N–H and O–H groups in total. The summed E-state index contributed by atoms with van der Waals surface area (Å²) in [6, 6.07) is 19.5. The summed E-state index contributed by atoms with van der Waals surface area (Å²) in [5.41, 5.74) is 2.22. The highest BCUT2D eigenvalue weighted by Gasteiger charge is 2.11. The number of hydrogen-bond donors (Lipinski definition) is 4. The predicted molar refractivity (Wildman–Crippen MR) is 125 cm³/mol. The van der Waals surface area contributed by atoms with Crippen LogP contribution in [0, 0.1) is 0 Å². The minimum atomic E-state index is -1.02. The van der Waals surface area contributed by atoms with E-state index in [9.17, 15) is 9.59 Å². The fourth-order valence-electron chi connectivity index (χ4n) is 3.01. The topological polar surface area (TPSA) is 147 Å². The third kappa shape index (κ3) is 5.25. The molecule has 0 unspecified atom stereocenters. The lowest BCUT2D eigenvalue weighted by Crippen LogP contribution is -2.06. The smallest absolute Gasteiger partial charge is 0.335 e. The molecule has 0 spiro atoms. The summed E-state index contributed by atoms with van der Waals surface area (Å²) in [6.45, 7) is 0. The van der Waals surface area contributed by atoms with Crippen molar-refractivity contribution in [1.82, 2.24) is 15.0 Å². The van der Waals surface area contributed by atoms with Crippen LogP contribution in [0.1, 0.15) is 20.7 Å². The SMILES string of the molecule is COc1ccc(-c2nc(Nc3ccc(C(=O)O)cc3)nc(Nc3ccc(C(=O)O)cc3)n2)cc1. The van der Waals surface area contributed by atoms with Crippen molar-refractivity contribution in [3.05, 3.63) is 83.9 Å². The van der Waals surface area contributed by atoms with E-state index >= 15 is 0 Å². The van der Waals surface area contributed by atoms with E-state index in [0.717, 1.165) is 5.56 Å². The summed E-state index contributed by atoms with van der Waals surface area (Å²) in [6.07, 6.45) is 0. The Kier molecular flexibility index (Phi) is 6.31. The second kappa shape index (κ2) is 9.65. The summed E-state index contributed by atoms with van der Waals surface area (Å²) in [4.78, 5) is 35.5. The number of rotatable bonds is 8. The lowest BCUT2D eigenvalue weighted by Gasteiger charge is -2.11. The van der Waals surface area contributed by atoms with Gasteiger partial charge in [0, 0.05) is 16.9 Å². The number of aromatic carboxylic acids is 2. The lowest BCUT2D eigenvalue weighted by atomic mass is 10.2. The number of nitrogens with zero attached hydrogens (tertiary/aromatic N) is 3. The average Bonchev–Trinajstić information content (AvgIpc) is 2.84. The lowest BCUT2D eigenvalue weighted by molar-refractivity contribution is 0.0686. The zero-order valence-corrected chi connectivity index (χ0v) is 17.9. The molecule has 0 saturated heterocycles. The van der Waals surface area contributed by atoms with Crippen molar-refractivity contribution in [3.8, 4) is 17.1 Å². The van der Waals surface area contributed by atoms with Crippen LogP contribution in [0.15, 0.2) is 72.8 Å². The summed E-state index contributed by atoms with van der Waals surface area (Å²) in [5, 5.41) is 24.3. The maximum absolute atomic E-state index is 11.1. The molecule has 1 heterocycles. The highest BCUT2D eigenvalue weighted by molar-refractivity contribution is 5.88. The Morgan fingerprint density at radius 2 is 1.12 bits per heavy atom. The van der Waals surface area contributed by atoms with Crippen LogP contribution in [0.2, 0.25) is 0 Å². The molecule has 3 aromatic carbocycles. The van der Waals surface area contributed by atoms with Crippen LogP contribution in [0.25, 0.3) is 11.4 Å². The van der Waals surface area contributed by atoms with Gasteiger partial charge in [-0.25, -0.2) is 9.59 Å². The molecule has 0 saturated carbocycles. The van der Waals surface area contributed by atoms with E-state index in [1.54, 1.807) is 43.5 Å². The molecule has 0 radical (unpaired) electrons. The molecular weight excluding hydrogens is 438 g/mol. The number of aromatic nitrogens is 3. The summed E-state index contributed by atoms with van der Waals surface area (Å²) < 4.78 is 5.20. The fraction of sp³-hybridized carbons (Fsp3) is 0.0417. The fourth-order valence-corrected chi connectivity index (χ4v) is 3.01. The Hall–Kier alpha value is -4.99. The normalized spacial score (nSPS) is 10.4. The molecule has 0 aliphatic rings. The second-order valence-electron chi connectivity index (χ2n) is 7.05. The molecule has 0 bridgehead atoms. The van der Waals surface area contributed by atoms with E-state index in [1.807, 2.05) is 12.1 Å². The third-order valence-corrected chi connectivity index (χ3v) is 4.76. The van der Waals surface area contributed by atoms with E-state index in [4.69, 9.17) is 14.9 Å². The largest absolute Gasteiger partial charge is 0.497 e. The highest BCUT2D eigenvalue weighted by Crippen LogP contribution is 2.24. The van der Waals surface area contributed by atoms with Crippen LogP contribution >= 0.6 is 0 Å². The van der Waals surface area contributed by atoms with Crippen LogP contribution < -0.4 is 15.4 Å². The summed E-state index contributed by atoms with van der Waals surface area (Å²) in [7, 11) is 1.58. The molecule has 170 valence electrons. The van der Waals surface area contributed by atoms with Gasteiger partial charge < -0.3 is 25.6 Å². The van der Waals surface area contributed by atoms with Crippen molar-refractivity contribution in [3.63, 3.8) is 0 Å². The predicted octanol–water partition coefficient (Wildman–Crippen LogP) is 4.43. The number of carboxylic acids is 2. The Labute approximate surface area is 193 Å². The van der Waals surface area contributed by atoms with Crippen molar-refractivity contribution < 1.29 is 24.5 Å². The molecule has 4 aromatic rings. The third-order valence-electron chi connectivity index (χ3n) is 4.76. The van der Waals surface area contributed by atoms with Gasteiger partial charge in [0.25, 0.3) is 0 Å². The van der Waals surface area contributed by atoms with Gasteiger partial charge in [-0.2, -0.15) is 15.0 Å². The standard InChI is InChI=1S/C24H19N5O5/c1-34-19-12-6-14(7-13-19)20-27-23(25-17-8-2-15(3-9-17)21(30)31)29-24(28-20)26-18-10-4-16(5-11-18)22(32)33/h2-13H,1H3,(H,30,31)(H,32,33)(H2,25,26,27,28,29). The van der Waals surface area contributed by atoms with E-state index in [1.165, 1.54) is 24.3 Å². The number of carbonyl (C=O) groups is 2. The highest BCUT2D eigenvalue weighted by atomic mass is 16.5. The van der Waals surface area contributed by atoms with Gasteiger partial charge in [0.1, 0.15) is 5.75 Å². The second-order valence-corrected chi connectivity index (χ2v) is 7.05. The minimum Gasteiger partial charge on any atom is -0.497 e. The summed E-state index contributed by atoms with van der Waals surface area (Å²) >= 11 is 0. The van der Waals surface area contributed by atoms with Gasteiger partial charge >= 0.3 is 11.9 Å². The first-order valence-corrected chi connectivity index (χ1v) is 10.0. The first-order valence-electron chi connectivity index (χ1n) is 10.0. The molecule has 1 aromatic heterocycles. The van der Waals surface area contributed by atoms with Crippen molar-refractivity contribution in [1.29, 1.82) is 0 Å². The van der Waals surface area contributed by atoms with Gasteiger partial charge in [0.2, 0.25) is 11.9 Å². The van der Waals surface area contributed by atoms with Crippen molar-refractivity contribution in [2.45, 2.75) is 0 Å². The molecule has 0 atom stereocenters.